The van der Waals surface area contributed by atoms with Gasteiger partial charge in [0.05, 0.1) is 12.0 Å². The number of carbonyl (C=O) groups is 2. The van der Waals surface area contributed by atoms with Crippen molar-refractivity contribution < 1.29 is 19.5 Å². The van der Waals surface area contributed by atoms with E-state index in [1.54, 1.807) is 24.3 Å². The molecule has 0 bridgehead atoms. The molecule has 0 saturated heterocycles. The van der Waals surface area contributed by atoms with Crippen LogP contribution in [0.3, 0.4) is 0 Å². The second-order valence-electron chi connectivity index (χ2n) is 4.81. The van der Waals surface area contributed by atoms with Crippen LogP contribution in [0, 0.1) is 0 Å². The lowest BCUT2D eigenvalue weighted by atomic mass is 9.96. The van der Waals surface area contributed by atoms with E-state index in [4.69, 9.17) is 9.94 Å². The molecular formula is C17H17NO4. The predicted molar refractivity (Wildman–Crippen MR) is 81.3 cm³/mol. The minimum Gasteiger partial charge on any atom is -0.481 e. The number of aliphatic carboxylic acids is 1. The Bertz CT molecular complexity index is 613. The lowest BCUT2D eigenvalue weighted by molar-refractivity contribution is -0.137. The van der Waals surface area contributed by atoms with Crippen molar-refractivity contribution in [2.24, 2.45) is 0 Å². The van der Waals surface area contributed by atoms with Gasteiger partial charge in [-0.2, -0.15) is 5.48 Å². The maximum absolute atomic E-state index is 11.8. The van der Waals surface area contributed by atoms with Gasteiger partial charge in [-0.05, 0) is 17.7 Å². The third-order valence-electron chi connectivity index (χ3n) is 3.20. The second kappa shape index (κ2) is 7.95. The maximum Gasteiger partial charge on any atom is 0.356 e. The van der Waals surface area contributed by atoms with Gasteiger partial charge in [-0.25, -0.2) is 4.79 Å². The van der Waals surface area contributed by atoms with Gasteiger partial charge in [0.15, 0.2) is 0 Å². The summed E-state index contributed by atoms with van der Waals surface area (Å²) in [7, 11) is 0. The molecule has 0 aliphatic rings. The molecule has 2 aromatic carbocycles. The molecular weight excluding hydrogens is 282 g/mol. The van der Waals surface area contributed by atoms with Crippen LogP contribution >= 0.6 is 0 Å². The Morgan fingerprint density at radius 2 is 1.59 bits per heavy atom. The third kappa shape index (κ3) is 4.71. The summed E-state index contributed by atoms with van der Waals surface area (Å²) >= 11 is 0. The van der Waals surface area contributed by atoms with Crippen molar-refractivity contribution >= 4 is 11.9 Å². The number of hydrogen-bond acceptors (Lipinski definition) is 4. The topological polar surface area (TPSA) is 75.6 Å². The first-order chi connectivity index (χ1) is 10.7. The number of hydroxylamine groups is 1. The fraction of sp³-hybridized carbons (Fsp3) is 0.176. The van der Waals surface area contributed by atoms with Gasteiger partial charge in [0, 0.05) is 12.5 Å². The average molecular weight is 299 g/mol. The molecule has 1 unspecified atom stereocenters. The van der Waals surface area contributed by atoms with Gasteiger partial charge in [0.1, 0.15) is 0 Å². The summed E-state index contributed by atoms with van der Waals surface area (Å²) in [5, 5.41) is 9.00. The van der Waals surface area contributed by atoms with Gasteiger partial charge in [-0.3, -0.25) is 4.79 Å². The quantitative estimate of drug-likeness (QED) is 0.769. The van der Waals surface area contributed by atoms with Crippen molar-refractivity contribution in [3.8, 4) is 0 Å². The van der Waals surface area contributed by atoms with E-state index in [-0.39, 0.29) is 18.9 Å². The molecule has 22 heavy (non-hydrogen) atoms. The molecule has 0 aliphatic carbocycles. The Hall–Kier alpha value is -2.66. The van der Waals surface area contributed by atoms with E-state index in [2.05, 4.69) is 5.48 Å². The summed E-state index contributed by atoms with van der Waals surface area (Å²) in [5.74, 6) is -1.67. The molecule has 114 valence electrons. The predicted octanol–water partition coefficient (Wildman–Crippen LogP) is 2.61. The smallest absolute Gasteiger partial charge is 0.356 e. The Balaban J connectivity index is 1.92. The van der Waals surface area contributed by atoms with E-state index in [0.717, 1.165) is 5.56 Å². The average Bonchev–Trinajstić information content (AvgIpc) is 2.55. The SMILES string of the molecule is O=C(O)CC(CNOC(=O)c1ccccc1)c1ccccc1. The van der Waals surface area contributed by atoms with Crippen LogP contribution < -0.4 is 5.48 Å². The van der Waals surface area contributed by atoms with E-state index < -0.39 is 11.9 Å². The Kier molecular flexibility index (Phi) is 5.68. The molecule has 1 atom stereocenters. The highest BCUT2D eigenvalue weighted by Crippen LogP contribution is 2.18. The van der Waals surface area contributed by atoms with Gasteiger partial charge in [-0.1, -0.05) is 48.5 Å². The highest BCUT2D eigenvalue weighted by molar-refractivity contribution is 5.89. The van der Waals surface area contributed by atoms with Crippen molar-refractivity contribution in [3.05, 3.63) is 71.8 Å². The summed E-state index contributed by atoms with van der Waals surface area (Å²) in [6.45, 7) is 0.231. The zero-order chi connectivity index (χ0) is 15.8. The van der Waals surface area contributed by atoms with Crippen molar-refractivity contribution in [3.63, 3.8) is 0 Å². The van der Waals surface area contributed by atoms with Gasteiger partial charge >= 0.3 is 11.9 Å². The number of benzene rings is 2. The van der Waals surface area contributed by atoms with Gasteiger partial charge in [-0.15, -0.1) is 0 Å². The van der Waals surface area contributed by atoms with Gasteiger partial charge in [0.25, 0.3) is 0 Å². The number of rotatable bonds is 7. The molecule has 0 fully saturated rings. The van der Waals surface area contributed by atoms with E-state index in [0.29, 0.717) is 5.56 Å². The summed E-state index contributed by atoms with van der Waals surface area (Å²) in [4.78, 5) is 27.7. The molecule has 2 N–H and O–H groups in total. The van der Waals surface area contributed by atoms with Crippen LogP contribution in [0.15, 0.2) is 60.7 Å². The Labute approximate surface area is 128 Å². The molecule has 5 heteroatoms. The Morgan fingerprint density at radius 1 is 1.00 bits per heavy atom. The molecule has 0 radical (unpaired) electrons. The van der Waals surface area contributed by atoms with Gasteiger partial charge in [0.2, 0.25) is 0 Å². The van der Waals surface area contributed by atoms with Crippen molar-refractivity contribution in [2.75, 3.05) is 6.54 Å². The minimum absolute atomic E-state index is 0.0418. The van der Waals surface area contributed by atoms with E-state index in [1.807, 2.05) is 36.4 Å². The normalized spacial score (nSPS) is 11.6. The largest absolute Gasteiger partial charge is 0.481 e. The molecule has 0 amide bonds. The number of hydrogen-bond donors (Lipinski definition) is 2. The van der Waals surface area contributed by atoms with E-state index in [9.17, 15) is 9.59 Å². The van der Waals surface area contributed by atoms with Crippen molar-refractivity contribution in [2.45, 2.75) is 12.3 Å². The van der Waals surface area contributed by atoms with Crippen molar-refractivity contribution in [1.29, 1.82) is 0 Å². The zero-order valence-electron chi connectivity index (χ0n) is 11.9. The number of carbonyl (C=O) groups excluding carboxylic acids is 1. The maximum atomic E-state index is 11.8. The van der Waals surface area contributed by atoms with E-state index in [1.165, 1.54) is 0 Å². The minimum atomic E-state index is -0.898. The molecule has 0 spiro atoms. The molecule has 0 saturated carbocycles. The van der Waals surface area contributed by atoms with Crippen molar-refractivity contribution in [1.82, 2.24) is 5.48 Å². The molecule has 2 rings (SSSR count). The molecule has 0 aliphatic heterocycles. The fourth-order valence-corrected chi connectivity index (χ4v) is 2.08. The van der Waals surface area contributed by atoms with E-state index >= 15 is 0 Å². The van der Waals surface area contributed by atoms with Crippen LogP contribution in [-0.4, -0.2) is 23.6 Å². The van der Waals surface area contributed by atoms with Crippen LogP contribution in [0.4, 0.5) is 0 Å². The Morgan fingerprint density at radius 3 is 2.18 bits per heavy atom. The van der Waals surface area contributed by atoms with Crippen LogP contribution in [0.25, 0.3) is 0 Å². The lowest BCUT2D eigenvalue weighted by Crippen LogP contribution is -2.26. The number of carboxylic acids is 1. The molecule has 5 nitrogen and oxygen atoms in total. The molecule has 0 aromatic heterocycles. The number of nitrogens with one attached hydrogen (secondary N) is 1. The summed E-state index contributed by atoms with van der Waals surface area (Å²) in [5.41, 5.74) is 3.89. The summed E-state index contributed by atoms with van der Waals surface area (Å²) < 4.78 is 0. The standard InChI is InChI=1S/C17H17NO4/c19-16(20)11-15(13-7-3-1-4-8-13)12-18-22-17(21)14-9-5-2-6-10-14/h1-10,15,18H,11-12H2,(H,19,20). The zero-order valence-corrected chi connectivity index (χ0v) is 11.9. The number of carboxylic acid groups (broad SMARTS) is 1. The fourth-order valence-electron chi connectivity index (χ4n) is 2.08. The van der Waals surface area contributed by atoms with Crippen LogP contribution in [0.1, 0.15) is 28.3 Å². The molecule has 2 aromatic rings. The summed E-state index contributed by atoms with van der Waals surface area (Å²) in [6.07, 6.45) is -0.0418. The highest BCUT2D eigenvalue weighted by Gasteiger charge is 2.16. The first kappa shape index (κ1) is 15.7. The summed E-state index contributed by atoms with van der Waals surface area (Å²) in [6, 6.07) is 17.9. The third-order valence-corrected chi connectivity index (χ3v) is 3.20. The van der Waals surface area contributed by atoms with Gasteiger partial charge < -0.3 is 9.94 Å². The highest BCUT2D eigenvalue weighted by atomic mass is 16.7. The first-order valence-electron chi connectivity index (χ1n) is 6.92. The lowest BCUT2D eigenvalue weighted by Gasteiger charge is -2.15. The first-order valence-corrected chi connectivity index (χ1v) is 6.92. The van der Waals surface area contributed by atoms with Crippen LogP contribution in [0.2, 0.25) is 0 Å². The molecule has 0 heterocycles. The van der Waals surface area contributed by atoms with Crippen LogP contribution in [0.5, 0.6) is 0 Å². The second-order valence-corrected chi connectivity index (χ2v) is 4.81. The van der Waals surface area contributed by atoms with Crippen LogP contribution in [-0.2, 0) is 9.63 Å². The monoisotopic (exact) mass is 299 g/mol.